The molecule has 0 aromatic carbocycles. The molecule has 0 bridgehead atoms. The van der Waals surface area contributed by atoms with Gasteiger partial charge in [0.2, 0.25) is 5.91 Å². The fourth-order valence-corrected chi connectivity index (χ4v) is 11.5. The van der Waals surface area contributed by atoms with Crippen LogP contribution in [0.3, 0.4) is 0 Å². The summed E-state index contributed by atoms with van der Waals surface area (Å²) >= 11 is 0. The number of ether oxygens (including phenoxy) is 3. The molecule has 508 valence electrons. The molecule has 0 saturated carbocycles. The molecule has 0 aromatic heterocycles. The molecule has 8 atom stereocenters. The van der Waals surface area contributed by atoms with Gasteiger partial charge in [-0.05, 0) is 89.9 Å². The molecule has 1 heterocycles. The highest BCUT2D eigenvalue weighted by molar-refractivity contribution is 5.80. The number of amides is 1. The van der Waals surface area contributed by atoms with Gasteiger partial charge < -0.3 is 45.1 Å². The number of carbonyl (C=O) groups excluding carboxylic acids is 2. The Morgan fingerprint density at radius 2 is 0.793 bits per heavy atom. The molecule has 6 N–H and O–H groups in total. The van der Waals surface area contributed by atoms with Crippen molar-refractivity contribution in [2.45, 2.75) is 397 Å². The fraction of sp³-hybridized carbons (Fsp3) is 0.842. The summed E-state index contributed by atoms with van der Waals surface area (Å²) in [5.74, 6) is -1.18. The van der Waals surface area contributed by atoms with Crippen LogP contribution >= 0.6 is 0 Å². The molecule has 1 amide bonds. The summed E-state index contributed by atoms with van der Waals surface area (Å²) < 4.78 is 17.7. The minimum Gasteiger partial charge on any atom is -0.454 e. The Hall–Kier alpha value is -2.64. The van der Waals surface area contributed by atoms with Crippen LogP contribution in [0.4, 0.5) is 0 Å². The molecule has 0 spiro atoms. The molecule has 1 aliphatic rings. The highest BCUT2D eigenvalue weighted by Gasteiger charge is 2.47. The molecule has 11 heteroatoms. The van der Waals surface area contributed by atoms with E-state index < -0.39 is 67.4 Å². The third-order valence-electron chi connectivity index (χ3n) is 17.4. The van der Waals surface area contributed by atoms with E-state index in [2.05, 4.69) is 74.7 Å². The van der Waals surface area contributed by atoms with Crippen molar-refractivity contribution in [3.63, 3.8) is 0 Å². The zero-order valence-electron chi connectivity index (χ0n) is 56.6. The largest absolute Gasteiger partial charge is 0.454 e. The van der Waals surface area contributed by atoms with E-state index in [0.29, 0.717) is 19.3 Å². The third-order valence-corrected chi connectivity index (χ3v) is 17.4. The second-order valence-corrected chi connectivity index (χ2v) is 25.7. The Morgan fingerprint density at radius 1 is 0.448 bits per heavy atom. The van der Waals surface area contributed by atoms with Crippen molar-refractivity contribution >= 4 is 11.9 Å². The molecular weight excluding hydrogens is 1090 g/mol. The van der Waals surface area contributed by atoms with Gasteiger partial charge in [0, 0.05) is 6.42 Å². The quantitative estimate of drug-likeness (QED) is 0.0195. The lowest BCUT2D eigenvalue weighted by atomic mass is 9.99. The van der Waals surface area contributed by atoms with Crippen LogP contribution in [0.5, 0.6) is 0 Å². The predicted octanol–water partition coefficient (Wildman–Crippen LogP) is 19.3. The molecule has 1 saturated heterocycles. The van der Waals surface area contributed by atoms with Gasteiger partial charge in [0.05, 0.1) is 25.4 Å². The minimum atomic E-state index is -1.61. The molecule has 0 aromatic rings. The number of unbranched alkanes of at least 4 members (excludes halogenated alkanes) is 42. The first-order valence-corrected chi connectivity index (χ1v) is 37.1. The molecule has 0 aliphatic carbocycles. The number of esters is 1. The van der Waals surface area contributed by atoms with Gasteiger partial charge in [0.25, 0.3) is 0 Å². The predicted molar refractivity (Wildman–Crippen MR) is 366 cm³/mol. The summed E-state index contributed by atoms with van der Waals surface area (Å²) in [6, 6.07) is -1.02. The zero-order valence-corrected chi connectivity index (χ0v) is 56.6. The number of allylic oxidation sites excluding steroid dienone is 9. The van der Waals surface area contributed by atoms with E-state index >= 15 is 0 Å². The van der Waals surface area contributed by atoms with Gasteiger partial charge in [0.1, 0.15) is 24.4 Å². The van der Waals surface area contributed by atoms with E-state index in [1.165, 1.54) is 231 Å². The number of nitrogens with one attached hydrogen (secondary N) is 1. The molecule has 1 rings (SSSR count). The van der Waals surface area contributed by atoms with Crippen molar-refractivity contribution < 1.29 is 49.3 Å². The highest BCUT2D eigenvalue weighted by atomic mass is 16.7. The van der Waals surface area contributed by atoms with Crippen LogP contribution in [-0.2, 0) is 23.8 Å². The lowest BCUT2D eigenvalue weighted by Gasteiger charge is -2.41. The minimum absolute atomic E-state index is 0.123. The SMILES string of the molecule is CCCCC/C=C\C/C=C\C/C=C\CCCCCCCCCCCCCCCCC(=O)OC1C(OCC(NC(=O)C(O)CCCCCCCCCCCC/C=C/CCCCCCCC)C(O)/C=C/CCCCCCCCCCC)OC(CO)C(O)C1O. The van der Waals surface area contributed by atoms with Gasteiger partial charge in [-0.15, -0.1) is 0 Å². The maximum absolute atomic E-state index is 13.5. The van der Waals surface area contributed by atoms with E-state index in [4.69, 9.17) is 14.2 Å². The number of aliphatic hydroxyl groups excluding tert-OH is 5. The van der Waals surface area contributed by atoms with E-state index in [1.54, 1.807) is 6.08 Å². The molecule has 87 heavy (non-hydrogen) atoms. The summed E-state index contributed by atoms with van der Waals surface area (Å²) in [7, 11) is 0. The molecular formula is C76H139NO10. The summed E-state index contributed by atoms with van der Waals surface area (Å²) in [4.78, 5) is 26.7. The van der Waals surface area contributed by atoms with Crippen LogP contribution in [0.2, 0.25) is 0 Å². The van der Waals surface area contributed by atoms with Crippen molar-refractivity contribution in [1.82, 2.24) is 5.32 Å². The van der Waals surface area contributed by atoms with Gasteiger partial charge in [0.15, 0.2) is 12.4 Å². The maximum atomic E-state index is 13.5. The lowest BCUT2D eigenvalue weighted by molar-refractivity contribution is -0.305. The fourth-order valence-electron chi connectivity index (χ4n) is 11.5. The Balaban J connectivity index is 2.51. The summed E-state index contributed by atoms with van der Waals surface area (Å²) in [6.07, 6.45) is 71.2. The van der Waals surface area contributed by atoms with Crippen LogP contribution in [0.15, 0.2) is 60.8 Å². The van der Waals surface area contributed by atoms with Crippen LogP contribution < -0.4 is 5.32 Å². The average Bonchev–Trinajstić information content (AvgIpc) is 2.93. The zero-order chi connectivity index (χ0) is 63.1. The normalized spacial score (nSPS) is 18.6. The second-order valence-electron chi connectivity index (χ2n) is 25.7. The van der Waals surface area contributed by atoms with Crippen molar-refractivity contribution in [3.05, 3.63) is 60.8 Å². The van der Waals surface area contributed by atoms with E-state index in [0.717, 1.165) is 70.6 Å². The van der Waals surface area contributed by atoms with Crippen LogP contribution in [-0.4, -0.2) is 99.6 Å². The van der Waals surface area contributed by atoms with E-state index in [1.807, 2.05) is 6.08 Å². The molecule has 8 unspecified atom stereocenters. The first kappa shape index (κ1) is 82.4. The molecule has 11 nitrogen and oxygen atoms in total. The van der Waals surface area contributed by atoms with Gasteiger partial charge in [-0.25, -0.2) is 0 Å². The highest BCUT2D eigenvalue weighted by Crippen LogP contribution is 2.26. The van der Waals surface area contributed by atoms with Crippen molar-refractivity contribution in [3.8, 4) is 0 Å². The van der Waals surface area contributed by atoms with Gasteiger partial charge >= 0.3 is 5.97 Å². The maximum Gasteiger partial charge on any atom is 0.306 e. The van der Waals surface area contributed by atoms with Crippen molar-refractivity contribution in [1.29, 1.82) is 0 Å². The van der Waals surface area contributed by atoms with Crippen LogP contribution in [0.25, 0.3) is 0 Å². The van der Waals surface area contributed by atoms with Crippen molar-refractivity contribution in [2.75, 3.05) is 13.2 Å². The summed E-state index contributed by atoms with van der Waals surface area (Å²) in [6.45, 7) is 5.80. The number of aliphatic hydroxyl groups is 5. The first-order chi connectivity index (χ1) is 42.7. The number of rotatable bonds is 64. The monoisotopic (exact) mass is 1230 g/mol. The Bertz CT molecular complexity index is 1650. The number of hydrogen-bond acceptors (Lipinski definition) is 10. The molecule has 0 radical (unpaired) electrons. The second kappa shape index (κ2) is 63.5. The van der Waals surface area contributed by atoms with Crippen LogP contribution in [0.1, 0.15) is 348 Å². The third kappa shape index (κ3) is 50.7. The summed E-state index contributed by atoms with van der Waals surface area (Å²) in [5.41, 5.74) is 0. The lowest BCUT2D eigenvalue weighted by Crippen LogP contribution is -2.61. The smallest absolute Gasteiger partial charge is 0.306 e. The number of carbonyl (C=O) groups is 2. The van der Waals surface area contributed by atoms with E-state index in [-0.39, 0.29) is 13.0 Å². The Labute approximate surface area is 535 Å². The van der Waals surface area contributed by atoms with Crippen LogP contribution in [0, 0.1) is 0 Å². The Morgan fingerprint density at radius 3 is 1.22 bits per heavy atom. The average molecular weight is 1230 g/mol. The first-order valence-electron chi connectivity index (χ1n) is 37.1. The van der Waals surface area contributed by atoms with Gasteiger partial charge in [-0.3, -0.25) is 9.59 Å². The molecule has 1 fully saturated rings. The Kier molecular flexibility index (Phi) is 60.1. The van der Waals surface area contributed by atoms with E-state index in [9.17, 15) is 35.1 Å². The van der Waals surface area contributed by atoms with Crippen molar-refractivity contribution in [2.24, 2.45) is 0 Å². The standard InChI is InChI=1S/C76H139NO10/c1-4-7-10-13-16-19-22-24-26-28-30-32-33-34-35-36-37-38-40-42-44-46-49-52-55-58-61-64-71(81)87-74-73(83)72(82)70(65-78)86-76(74)85-66-67(68(79)62-59-56-53-50-47-21-18-15-12-9-6-3)77-75(84)69(80)63-60-57-54-51-48-45-43-41-39-31-29-27-25-23-20-17-14-11-8-5-2/h16,19,24-27,30,32,59,62,67-70,72-74,76,78-80,82-83H,4-15,17-18,20-23,28-29,31,33-58,60-61,63-66H2,1-3H3,(H,77,84)/b19-16-,26-24-,27-25+,32-30-,62-59+. The topological polar surface area (TPSA) is 175 Å². The number of hydrogen-bond donors (Lipinski definition) is 6. The van der Waals surface area contributed by atoms with Gasteiger partial charge in [-0.1, -0.05) is 313 Å². The summed E-state index contributed by atoms with van der Waals surface area (Å²) in [5, 5.41) is 57.3. The van der Waals surface area contributed by atoms with Gasteiger partial charge in [-0.2, -0.15) is 0 Å². The molecule has 1 aliphatic heterocycles.